The molecule has 1 aliphatic rings. The molecule has 1 fully saturated rings. The number of halogens is 1. The quantitative estimate of drug-likeness (QED) is 0.773. The summed E-state index contributed by atoms with van der Waals surface area (Å²) in [5.74, 6) is 4.09. The lowest BCUT2D eigenvalue weighted by atomic mass is 9.98. The minimum atomic E-state index is 0.118. The van der Waals surface area contributed by atoms with E-state index in [2.05, 4.69) is 19.2 Å². The topological polar surface area (TPSA) is 29.1 Å². The zero-order valence-electron chi connectivity index (χ0n) is 10.2. The fourth-order valence-electron chi connectivity index (χ4n) is 1.86. The molecule has 94 valence electrons. The Morgan fingerprint density at radius 1 is 1.44 bits per heavy atom. The lowest BCUT2D eigenvalue weighted by Crippen LogP contribution is -2.40. The Morgan fingerprint density at radius 2 is 2.06 bits per heavy atom. The van der Waals surface area contributed by atoms with Gasteiger partial charge in [0.15, 0.2) is 0 Å². The maximum atomic E-state index is 11.8. The Kier molecular flexibility index (Phi) is 6.59. The van der Waals surface area contributed by atoms with Crippen molar-refractivity contribution < 1.29 is 4.79 Å². The predicted octanol–water partition coefficient (Wildman–Crippen LogP) is 2.90. The van der Waals surface area contributed by atoms with Gasteiger partial charge >= 0.3 is 0 Å². The summed E-state index contributed by atoms with van der Waals surface area (Å²) in [6.07, 6.45) is 3.05. The largest absolute Gasteiger partial charge is 0.352 e. The second-order valence-electron chi connectivity index (χ2n) is 4.83. The predicted molar refractivity (Wildman–Crippen MR) is 72.2 cm³/mol. The maximum Gasteiger partial charge on any atom is 0.220 e. The van der Waals surface area contributed by atoms with Gasteiger partial charge in [0, 0.05) is 18.3 Å². The molecule has 16 heavy (non-hydrogen) atoms. The van der Waals surface area contributed by atoms with Crippen LogP contribution >= 0.6 is 23.4 Å². The Balaban J connectivity index is 2.28. The lowest BCUT2D eigenvalue weighted by Gasteiger charge is -2.24. The van der Waals surface area contributed by atoms with Crippen LogP contribution in [0.3, 0.4) is 0 Å². The molecule has 0 aromatic heterocycles. The maximum absolute atomic E-state index is 11.8. The standard InChI is InChI=1S/C12H22ClNOS/c1-9(2)11(8-13)14-12(15)7-10-3-5-16-6-4-10/h9-11H,3-8H2,1-2H3,(H,14,15). The summed E-state index contributed by atoms with van der Waals surface area (Å²) in [5.41, 5.74) is 0. The number of alkyl halides is 1. The molecule has 0 aromatic rings. The molecule has 0 aromatic carbocycles. The van der Waals surface area contributed by atoms with Crippen molar-refractivity contribution in [2.24, 2.45) is 11.8 Å². The number of amides is 1. The zero-order valence-corrected chi connectivity index (χ0v) is 11.7. The van der Waals surface area contributed by atoms with Crippen LogP contribution in [0, 0.1) is 11.8 Å². The average molecular weight is 264 g/mol. The highest BCUT2D eigenvalue weighted by atomic mass is 35.5. The molecule has 0 radical (unpaired) electrons. The van der Waals surface area contributed by atoms with E-state index in [1.54, 1.807) is 0 Å². The summed E-state index contributed by atoms with van der Waals surface area (Å²) in [6.45, 7) is 4.18. The van der Waals surface area contributed by atoms with Gasteiger partial charge in [-0.15, -0.1) is 11.6 Å². The van der Waals surface area contributed by atoms with Crippen LogP contribution in [-0.2, 0) is 4.79 Å². The second-order valence-corrected chi connectivity index (χ2v) is 6.37. The van der Waals surface area contributed by atoms with E-state index in [9.17, 15) is 4.79 Å². The third-order valence-electron chi connectivity index (χ3n) is 3.13. The number of rotatable bonds is 5. The van der Waals surface area contributed by atoms with Gasteiger partial charge in [-0.3, -0.25) is 4.79 Å². The van der Waals surface area contributed by atoms with Crippen LogP contribution in [-0.4, -0.2) is 29.3 Å². The molecule has 4 heteroatoms. The number of thioether (sulfide) groups is 1. The monoisotopic (exact) mass is 263 g/mol. The van der Waals surface area contributed by atoms with E-state index in [0.29, 0.717) is 24.1 Å². The molecule has 1 unspecified atom stereocenters. The van der Waals surface area contributed by atoms with Crippen molar-refractivity contribution in [2.75, 3.05) is 17.4 Å². The van der Waals surface area contributed by atoms with E-state index in [-0.39, 0.29) is 11.9 Å². The van der Waals surface area contributed by atoms with Crippen LogP contribution in [0.25, 0.3) is 0 Å². The number of carbonyl (C=O) groups is 1. The van der Waals surface area contributed by atoms with Gasteiger partial charge < -0.3 is 5.32 Å². The fourth-order valence-corrected chi connectivity index (χ4v) is 3.50. The summed E-state index contributed by atoms with van der Waals surface area (Å²) in [5, 5.41) is 3.04. The first-order valence-corrected chi connectivity index (χ1v) is 7.75. The van der Waals surface area contributed by atoms with Gasteiger partial charge in [0.25, 0.3) is 0 Å². The van der Waals surface area contributed by atoms with Gasteiger partial charge in [-0.25, -0.2) is 0 Å². The van der Waals surface area contributed by atoms with E-state index >= 15 is 0 Å². The van der Waals surface area contributed by atoms with Gasteiger partial charge in [-0.05, 0) is 36.2 Å². The molecule has 0 aliphatic carbocycles. The third kappa shape index (κ3) is 4.96. The molecule has 0 spiro atoms. The number of hydrogen-bond donors (Lipinski definition) is 1. The van der Waals surface area contributed by atoms with E-state index in [1.165, 1.54) is 24.3 Å². The second kappa shape index (κ2) is 7.44. The van der Waals surface area contributed by atoms with Gasteiger partial charge in [0.2, 0.25) is 5.91 Å². The third-order valence-corrected chi connectivity index (χ3v) is 4.51. The summed E-state index contributed by atoms with van der Waals surface area (Å²) in [4.78, 5) is 11.8. The first-order chi connectivity index (χ1) is 7.63. The molecule has 1 N–H and O–H groups in total. The first kappa shape index (κ1) is 14.2. The molecule has 2 nitrogen and oxygen atoms in total. The highest BCUT2D eigenvalue weighted by Crippen LogP contribution is 2.25. The first-order valence-electron chi connectivity index (χ1n) is 6.06. The summed E-state index contributed by atoms with van der Waals surface area (Å²) in [6, 6.07) is 0.118. The van der Waals surface area contributed by atoms with Gasteiger partial charge in [0.05, 0.1) is 0 Å². The normalized spacial score (nSPS) is 19.8. The molecule has 1 saturated heterocycles. The molecule has 0 bridgehead atoms. The van der Waals surface area contributed by atoms with Crippen molar-refractivity contribution in [3.8, 4) is 0 Å². The van der Waals surface area contributed by atoms with Gasteiger partial charge in [0.1, 0.15) is 0 Å². The molecule has 1 amide bonds. The van der Waals surface area contributed by atoms with Crippen LogP contribution in [0.4, 0.5) is 0 Å². The minimum Gasteiger partial charge on any atom is -0.352 e. The molecular formula is C12H22ClNOS. The summed E-state index contributed by atoms with van der Waals surface area (Å²) < 4.78 is 0. The number of hydrogen-bond acceptors (Lipinski definition) is 2. The average Bonchev–Trinajstić information content (AvgIpc) is 2.27. The Morgan fingerprint density at radius 3 is 2.56 bits per heavy atom. The van der Waals surface area contributed by atoms with Crippen molar-refractivity contribution in [1.82, 2.24) is 5.32 Å². The van der Waals surface area contributed by atoms with Gasteiger partial charge in [-0.1, -0.05) is 13.8 Å². The van der Waals surface area contributed by atoms with Crippen molar-refractivity contribution in [2.45, 2.75) is 39.2 Å². The molecule has 1 rings (SSSR count). The van der Waals surface area contributed by atoms with Gasteiger partial charge in [-0.2, -0.15) is 11.8 Å². The number of carbonyl (C=O) groups excluding carboxylic acids is 1. The van der Waals surface area contributed by atoms with Crippen molar-refractivity contribution >= 4 is 29.3 Å². The zero-order chi connectivity index (χ0) is 12.0. The van der Waals surface area contributed by atoms with E-state index < -0.39 is 0 Å². The highest BCUT2D eigenvalue weighted by molar-refractivity contribution is 7.99. The Labute approximate surface area is 108 Å². The van der Waals surface area contributed by atoms with Crippen LogP contribution in [0.15, 0.2) is 0 Å². The van der Waals surface area contributed by atoms with Crippen molar-refractivity contribution in [3.63, 3.8) is 0 Å². The van der Waals surface area contributed by atoms with Crippen LogP contribution in [0.5, 0.6) is 0 Å². The van der Waals surface area contributed by atoms with E-state index in [4.69, 9.17) is 11.6 Å². The molecule has 0 saturated carbocycles. The van der Waals surface area contributed by atoms with E-state index in [1.807, 2.05) is 11.8 Å². The molecular weight excluding hydrogens is 242 g/mol. The minimum absolute atomic E-state index is 0.118. The smallest absolute Gasteiger partial charge is 0.220 e. The Hall–Kier alpha value is 0.110. The van der Waals surface area contributed by atoms with Crippen LogP contribution in [0.2, 0.25) is 0 Å². The molecule has 1 atom stereocenters. The van der Waals surface area contributed by atoms with E-state index in [0.717, 1.165) is 0 Å². The van der Waals surface area contributed by atoms with Crippen molar-refractivity contribution in [1.29, 1.82) is 0 Å². The molecule has 1 aliphatic heterocycles. The summed E-state index contributed by atoms with van der Waals surface area (Å²) in [7, 11) is 0. The Bertz CT molecular complexity index is 217. The van der Waals surface area contributed by atoms with Crippen LogP contribution < -0.4 is 5.32 Å². The fraction of sp³-hybridized carbons (Fsp3) is 0.917. The lowest BCUT2D eigenvalue weighted by molar-refractivity contribution is -0.122. The molecule has 1 heterocycles. The highest BCUT2D eigenvalue weighted by Gasteiger charge is 2.20. The number of nitrogens with one attached hydrogen (secondary N) is 1. The van der Waals surface area contributed by atoms with Crippen molar-refractivity contribution in [3.05, 3.63) is 0 Å². The van der Waals surface area contributed by atoms with Crippen LogP contribution in [0.1, 0.15) is 33.1 Å². The SMILES string of the molecule is CC(C)C(CCl)NC(=O)CC1CCSCC1. The summed E-state index contributed by atoms with van der Waals surface area (Å²) >= 11 is 7.83.